The molecule has 1 aliphatic heterocycles. The highest BCUT2D eigenvalue weighted by Crippen LogP contribution is 2.19. The van der Waals surface area contributed by atoms with Gasteiger partial charge in [-0.25, -0.2) is 0 Å². The second-order valence-corrected chi connectivity index (χ2v) is 5.72. The highest BCUT2D eigenvalue weighted by atomic mass is 15.1. The number of nitrogens with zero attached hydrogens (tertiary/aromatic N) is 1. The lowest BCUT2D eigenvalue weighted by Gasteiger charge is -2.35. The highest BCUT2D eigenvalue weighted by molar-refractivity contribution is 5.30. The lowest BCUT2D eigenvalue weighted by Crippen LogP contribution is -2.45. The van der Waals surface area contributed by atoms with E-state index < -0.39 is 0 Å². The molecule has 2 nitrogen and oxygen atoms in total. The molecule has 0 aromatic heterocycles. The lowest BCUT2D eigenvalue weighted by atomic mass is 9.95. The first-order chi connectivity index (χ1) is 8.04. The number of piperidine rings is 1. The monoisotopic (exact) mass is 232 g/mol. The molecular formula is C15H24N2. The number of hydrogen-bond donors (Lipinski definition) is 1. The summed E-state index contributed by atoms with van der Waals surface area (Å²) in [5.74, 6) is 0.726. The van der Waals surface area contributed by atoms with Crippen molar-refractivity contribution in [2.24, 2.45) is 11.7 Å². The Morgan fingerprint density at radius 3 is 2.76 bits per heavy atom. The molecule has 0 aliphatic carbocycles. The Morgan fingerprint density at radius 1 is 1.29 bits per heavy atom. The highest BCUT2D eigenvalue weighted by Gasteiger charge is 2.22. The molecule has 1 heterocycles. The van der Waals surface area contributed by atoms with Gasteiger partial charge in [-0.1, -0.05) is 30.7 Å². The average Bonchev–Trinajstić information content (AvgIpc) is 2.22. The fourth-order valence-electron chi connectivity index (χ4n) is 2.85. The van der Waals surface area contributed by atoms with E-state index in [-0.39, 0.29) is 0 Å². The van der Waals surface area contributed by atoms with Crippen molar-refractivity contribution in [3.63, 3.8) is 0 Å². The molecule has 2 N–H and O–H groups in total. The maximum atomic E-state index is 6.10. The van der Waals surface area contributed by atoms with Gasteiger partial charge >= 0.3 is 0 Å². The first-order valence-corrected chi connectivity index (χ1v) is 6.58. The number of benzene rings is 1. The molecule has 94 valence electrons. The van der Waals surface area contributed by atoms with Crippen LogP contribution in [0.1, 0.15) is 30.0 Å². The zero-order valence-electron chi connectivity index (χ0n) is 11.2. The van der Waals surface area contributed by atoms with Gasteiger partial charge in [-0.05, 0) is 37.3 Å². The predicted octanol–water partition coefficient (Wildman–Crippen LogP) is 2.47. The van der Waals surface area contributed by atoms with E-state index in [9.17, 15) is 0 Å². The van der Waals surface area contributed by atoms with Crippen LogP contribution in [0, 0.1) is 19.8 Å². The molecule has 2 heteroatoms. The van der Waals surface area contributed by atoms with Crippen LogP contribution in [-0.2, 0) is 6.54 Å². The Balaban J connectivity index is 2.07. The smallest absolute Gasteiger partial charge is 0.0237 e. The van der Waals surface area contributed by atoms with Crippen molar-refractivity contribution < 1.29 is 0 Å². The molecule has 0 bridgehead atoms. The Kier molecular flexibility index (Phi) is 3.85. The lowest BCUT2D eigenvalue weighted by molar-refractivity contribution is 0.158. The summed E-state index contributed by atoms with van der Waals surface area (Å²) in [6, 6.07) is 7.06. The average molecular weight is 232 g/mol. The topological polar surface area (TPSA) is 29.3 Å². The van der Waals surface area contributed by atoms with Crippen molar-refractivity contribution in [3.8, 4) is 0 Å². The summed E-state index contributed by atoms with van der Waals surface area (Å²) in [6.45, 7) is 9.93. The number of hydrogen-bond acceptors (Lipinski definition) is 2. The van der Waals surface area contributed by atoms with Crippen molar-refractivity contribution in [1.82, 2.24) is 4.90 Å². The fourth-order valence-corrected chi connectivity index (χ4v) is 2.85. The normalized spacial score (nSPS) is 26.1. The van der Waals surface area contributed by atoms with Crippen molar-refractivity contribution in [2.45, 2.75) is 39.8 Å². The second-order valence-electron chi connectivity index (χ2n) is 5.72. The third-order valence-corrected chi connectivity index (χ3v) is 3.67. The minimum absolute atomic E-state index is 0.351. The van der Waals surface area contributed by atoms with Gasteiger partial charge < -0.3 is 5.73 Å². The molecule has 1 saturated heterocycles. The summed E-state index contributed by atoms with van der Waals surface area (Å²) < 4.78 is 0. The summed E-state index contributed by atoms with van der Waals surface area (Å²) in [7, 11) is 0. The van der Waals surface area contributed by atoms with E-state index in [4.69, 9.17) is 5.73 Å². The Hall–Kier alpha value is -0.860. The quantitative estimate of drug-likeness (QED) is 0.849. The standard InChI is InChI=1S/C15H24N2/c1-11-4-5-13(3)14(6-11)9-17-8-12(2)7-15(16)10-17/h4-6,12,15H,7-10,16H2,1-3H3. The molecule has 0 radical (unpaired) electrons. The van der Waals surface area contributed by atoms with E-state index in [1.807, 2.05) is 0 Å². The van der Waals surface area contributed by atoms with E-state index in [1.165, 1.54) is 29.7 Å². The third kappa shape index (κ3) is 3.30. The summed E-state index contributed by atoms with van der Waals surface area (Å²) in [4.78, 5) is 2.50. The van der Waals surface area contributed by atoms with Crippen LogP contribution in [-0.4, -0.2) is 24.0 Å². The largest absolute Gasteiger partial charge is 0.327 e. The second kappa shape index (κ2) is 5.19. The minimum Gasteiger partial charge on any atom is -0.327 e. The molecule has 2 rings (SSSR count). The van der Waals surface area contributed by atoms with Crippen LogP contribution < -0.4 is 5.73 Å². The minimum atomic E-state index is 0.351. The van der Waals surface area contributed by atoms with Gasteiger partial charge in [0.05, 0.1) is 0 Å². The fraction of sp³-hybridized carbons (Fsp3) is 0.600. The molecule has 1 aromatic rings. The molecule has 2 atom stereocenters. The number of rotatable bonds is 2. The molecule has 0 amide bonds. The summed E-state index contributed by atoms with van der Waals surface area (Å²) >= 11 is 0. The maximum Gasteiger partial charge on any atom is 0.0237 e. The van der Waals surface area contributed by atoms with Crippen molar-refractivity contribution in [1.29, 1.82) is 0 Å². The first-order valence-electron chi connectivity index (χ1n) is 6.58. The Labute approximate surface area is 105 Å². The number of likely N-dealkylation sites (tertiary alicyclic amines) is 1. The van der Waals surface area contributed by atoms with Gasteiger partial charge in [0, 0.05) is 25.7 Å². The van der Waals surface area contributed by atoms with E-state index in [1.54, 1.807) is 0 Å². The van der Waals surface area contributed by atoms with Crippen LogP contribution in [0.25, 0.3) is 0 Å². The van der Waals surface area contributed by atoms with Crippen molar-refractivity contribution in [3.05, 3.63) is 34.9 Å². The van der Waals surface area contributed by atoms with Crippen LogP contribution in [0.5, 0.6) is 0 Å². The van der Waals surface area contributed by atoms with Crippen LogP contribution in [0.3, 0.4) is 0 Å². The summed E-state index contributed by atoms with van der Waals surface area (Å²) in [5, 5.41) is 0. The predicted molar refractivity (Wildman–Crippen MR) is 72.9 cm³/mol. The zero-order valence-corrected chi connectivity index (χ0v) is 11.2. The SMILES string of the molecule is Cc1ccc(C)c(CN2CC(C)CC(N)C2)c1. The van der Waals surface area contributed by atoms with Gasteiger partial charge in [0.2, 0.25) is 0 Å². The van der Waals surface area contributed by atoms with Crippen LogP contribution in [0.15, 0.2) is 18.2 Å². The van der Waals surface area contributed by atoms with Crippen molar-refractivity contribution >= 4 is 0 Å². The number of nitrogens with two attached hydrogens (primary N) is 1. The molecule has 1 aliphatic rings. The van der Waals surface area contributed by atoms with E-state index >= 15 is 0 Å². The van der Waals surface area contributed by atoms with Gasteiger partial charge in [-0.3, -0.25) is 4.90 Å². The molecule has 2 unspecified atom stereocenters. The molecule has 1 aromatic carbocycles. The van der Waals surface area contributed by atoms with Gasteiger partial charge in [0.1, 0.15) is 0 Å². The summed E-state index contributed by atoms with van der Waals surface area (Å²) in [6.07, 6.45) is 1.17. The van der Waals surface area contributed by atoms with Crippen LogP contribution in [0.4, 0.5) is 0 Å². The Bertz CT molecular complexity index is 377. The van der Waals surface area contributed by atoms with E-state index in [2.05, 4.69) is 43.9 Å². The van der Waals surface area contributed by atoms with Gasteiger partial charge in [0.15, 0.2) is 0 Å². The third-order valence-electron chi connectivity index (χ3n) is 3.67. The maximum absolute atomic E-state index is 6.10. The van der Waals surface area contributed by atoms with Gasteiger partial charge in [0.25, 0.3) is 0 Å². The molecular weight excluding hydrogens is 208 g/mol. The van der Waals surface area contributed by atoms with E-state index in [0.717, 1.165) is 19.0 Å². The van der Waals surface area contributed by atoms with E-state index in [0.29, 0.717) is 6.04 Å². The van der Waals surface area contributed by atoms with Crippen LogP contribution in [0.2, 0.25) is 0 Å². The molecule has 0 spiro atoms. The van der Waals surface area contributed by atoms with Crippen LogP contribution >= 0.6 is 0 Å². The summed E-state index contributed by atoms with van der Waals surface area (Å²) in [5.41, 5.74) is 10.3. The Morgan fingerprint density at radius 2 is 2.06 bits per heavy atom. The van der Waals surface area contributed by atoms with Gasteiger partial charge in [-0.15, -0.1) is 0 Å². The van der Waals surface area contributed by atoms with Gasteiger partial charge in [-0.2, -0.15) is 0 Å². The zero-order chi connectivity index (χ0) is 12.4. The first kappa shape index (κ1) is 12.6. The number of aryl methyl sites for hydroxylation is 2. The van der Waals surface area contributed by atoms with Crippen molar-refractivity contribution in [2.75, 3.05) is 13.1 Å². The molecule has 1 fully saturated rings. The molecule has 0 saturated carbocycles. The molecule has 17 heavy (non-hydrogen) atoms.